The van der Waals surface area contributed by atoms with E-state index in [-0.39, 0.29) is 4.90 Å². The van der Waals surface area contributed by atoms with E-state index in [2.05, 4.69) is 20.2 Å². The van der Waals surface area contributed by atoms with E-state index in [0.29, 0.717) is 17.1 Å². The zero-order chi connectivity index (χ0) is 20.3. The number of sulfonamides is 1. The standard InChI is InChI=1S/C20H23N5O2S/c1-14-5-10-19(15(2)11-14)28(26,27)24-17-8-6-16(7-9-17)22-20-12-18(25(3)4)13-21-23-20/h5-13,24H,1-4H3,(H,22,23). The number of hydrogen-bond donors (Lipinski definition) is 2. The first-order valence-corrected chi connectivity index (χ1v) is 10.2. The van der Waals surface area contributed by atoms with Crippen LogP contribution in [0.4, 0.5) is 22.9 Å². The first-order chi connectivity index (χ1) is 13.2. The molecule has 0 aliphatic heterocycles. The summed E-state index contributed by atoms with van der Waals surface area (Å²) in [5, 5.41) is 11.2. The summed E-state index contributed by atoms with van der Waals surface area (Å²) in [4.78, 5) is 2.21. The van der Waals surface area contributed by atoms with Crippen LogP contribution < -0.4 is 14.9 Å². The van der Waals surface area contributed by atoms with Gasteiger partial charge < -0.3 is 10.2 Å². The molecule has 146 valence electrons. The lowest BCUT2D eigenvalue weighted by Crippen LogP contribution is -2.14. The molecule has 2 aromatic carbocycles. The lowest BCUT2D eigenvalue weighted by atomic mass is 10.2. The van der Waals surface area contributed by atoms with Gasteiger partial charge in [0.05, 0.1) is 16.8 Å². The Bertz CT molecular complexity index is 1080. The molecule has 7 nitrogen and oxygen atoms in total. The molecule has 0 saturated carbocycles. The van der Waals surface area contributed by atoms with Crippen LogP contribution in [0.5, 0.6) is 0 Å². The van der Waals surface area contributed by atoms with E-state index >= 15 is 0 Å². The predicted octanol–water partition coefficient (Wildman–Crippen LogP) is 3.70. The first-order valence-electron chi connectivity index (χ1n) is 8.72. The smallest absolute Gasteiger partial charge is 0.262 e. The lowest BCUT2D eigenvalue weighted by Gasteiger charge is -2.13. The highest BCUT2D eigenvalue weighted by atomic mass is 32.2. The van der Waals surface area contributed by atoms with Crippen molar-refractivity contribution in [3.8, 4) is 0 Å². The molecular weight excluding hydrogens is 374 g/mol. The molecule has 0 aliphatic carbocycles. The fourth-order valence-corrected chi connectivity index (χ4v) is 4.03. The number of nitrogens with zero attached hydrogens (tertiary/aromatic N) is 3. The van der Waals surface area contributed by atoms with E-state index in [0.717, 1.165) is 16.9 Å². The van der Waals surface area contributed by atoms with E-state index in [1.54, 1.807) is 49.5 Å². The van der Waals surface area contributed by atoms with Crippen molar-refractivity contribution in [3.63, 3.8) is 0 Å². The average Bonchev–Trinajstić information content (AvgIpc) is 2.63. The lowest BCUT2D eigenvalue weighted by molar-refractivity contribution is 0.600. The summed E-state index contributed by atoms with van der Waals surface area (Å²) >= 11 is 0. The maximum Gasteiger partial charge on any atom is 0.262 e. The molecule has 3 aromatic rings. The molecule has 28 heavy (non-hydrogen) atoms. The molecule has 2 N–H and O–H groups in total. The zero-order valence-electron chi connectivity index (χ0n) is 16.3. The van der Waals surface area contributed by atoms with Crippen molar-refractivity contribution in [1.29, 1.82) is 0 Å². The molecule has 0 bridgehead atoms. The van der Waals surface area contributed by atoms with Crippen LogP contribution in [-0.2, 0) is 10.0 Å². The molecule has 0 fully saturated rings. The van der Waals surface area contributed by atoms with Gasteiger partial charge in [0.1, 0.15) is 0 Å². The average molecular weight is 398 g/mol. The molecule has 0 atom stereocenters. The molecule has 0 unspecified atom stereocenters. The summed E-state index contributed by atoms with van der Waals surface area (Å²) in [7, 11) is 0.210. The highest BCUT2D eigenvalue weighted by molar-refractivity contribution is 7.92. The fraction of sp³-hybridized carbons (Fsp3) is 0.200. The number of aromatic nitrogens is 2. The molecule has 3 rings (SSSR count). The van der Waals surface area contributed by atoms with Gasteiger partial charge in [-0.25, -0.2) is 8.42 Å². The maximum absolute atomic E-state index is 12.7. The van der Waals surface area contributed by atoms with Crippen molar-refractivity contribution < 1.29 is 8.42 Å². The maximum atomic E-state index is 12.7. The second-order valence-electron chi connectivity index (χ2n) is 6.77. The first kappa shape index (κ1) is 19.6. The number of rotatable bonds is 6. The molecule has 0 aliphatic rings. The Kier molecular flexibility index (Phi) is 5.51. The molecule has 0 radical (unpaired) electrons. The minimum atomic E-state index is -3.65. The second kappa shape index (κ2) is 7.85. The summed E-state index contributed by atoms with van der Waals surface area (Å²) in [6.45, 7) is 3.72. The monoisotopic (exact) mass is 397 g/mol. The summed E-state index contributed by atoms with van der Waals surface area (Å²) in [5.41, 5.74) is 3.92. The van der Waals surface area contributed by atoms with Crippen molar-refractivity contribution in [2.24, 2.45) is 0 Å². The van der Waals surface area contributed by atoms with Crippen molar-refractivity contribution in [2.45, 2.75) is 18.7 Å². The van der Waals surface area contributed by atoms with Gasteiger partial charge in [0.15, 0.2) is 5.82 Å². The van der Waals surface area contributed by atoms with Crippen LogP contribution in [0.1, 0.15) is 11.1 Å². The van der Waals surface area contributed by atoms with Gasteiger partial charge >= 0.3 is 0 Å². The van der Waals surface area contributed by atoms with Crippen molar-refractivity contribution in [2.75, 3.05) is 29.0 Å². The van der Waals surface area contributed by atoms with Crippen molar-refractivity contribution >= 4 is 32.9 Å². The molecule has 8 heteroatoms. The quantitative estimate of drug-likeness (QED) is 0.659. The molecule has 1 heterocycles. The van der Waals surface area contributed by atoms with Crippen LogP contribution in [0, 0.1) is 13.8 Å². The number of benzene rings is 2. The van der Waals surface area contributed by atoms with Crippen LogP contribution in [0.2, 0.25) is 0 Å². The number of aryl methyl sites for hydroxylation is 2. The highest BCUT2D eigenvalue weighted by Crippen LogP contribution is 2.23. The Balaban J connectivity index is 1.75. The van der Waals surface area contributed by atoms with Gasteiger partial charge in [0.25, 0.3) is 10.0 Å². The molecule has 0 spiro atoms. The predicted molar refractivity (Wildman–Crippen MR) is 113 cm³/mol. The Morgan fingerprint density at radius 2 is 1.61 bits per heavy atom. The van der Waals surface area contributed by atoms with Gasteiger partial charge in [0.2, 0.25) is 0 Å². The summed E-state index contributed by atoms with van der Waals surface area (Å²) in [5.74, 6) is 0.606. The third-order valence-electron chi connectivity index (χ3n) is 4.19. The van der Waals surface area contributed by atoms with Gasteiger partial charge in [-0.15, -0.1) is 5.10 Å². The van der Waals surface area contributed by atoms with E-state index in [4.69, 9.17) is 0 Å². The van der Waals surface area contributed by atoms with Gasteiger partial charge in [-0.05, 0) is 49.7 Å². The van der Waals surface area contributed by atoms with E-state index in [1.165, 1.54) is 0 Å². The van der Waals surface area contributed by atoms with Crippen LogP contribution in [0.15, 0.2) is 59.6 Å². The molecule has 0 amide bonds. The fourth-order valence-electron chi connectivity index (χ4n) is 2.74. The van der Waals surface area contributed by atoms with Gasteiger partial charge in [-0.3, -0.25) is 4.72 Å². The van der Waals surface area contributed by atoms with Crippen LogP contribution in [-0.4, -0.2) is 32.7 Å². The van der Waals surface area contributed by atoms with Crippen molar-refractivity contribution in [1.82, 2.24) is 10.2 Å². The summed E-state index contributed by atoms with van der Waals surface area (Å²) in [6.07, 6.45) is 1.68. The van der Waals surface area contributed by atoms with Gasteiger partial charge in [-0.1, -0.05) is 17.7 Å². The van der Waals surface area contributed by atoms with Gasteiger partial charge in [-0.2, -0.15) is 5.10 Å². The third kappa shape index (κ3) is 4.58. The Labute approximate surface area is 165 Å². The normalized spacial score (nSPS) is 11.1. The van der Waals surface area contributed by atoms with Crippen LogP contribution >= 0.6 is 0 Å². The SMILES string of the molecule is Cc1ccc(S(=O)(=O)Nc2ccc(Nc3cc(N(C)C)cnn3)cc2)c(C)c1. The number of nitrogens with one attached hydrogen (secondary N) is 2. The summed E-state index contributed by atoms with van der Waals surface area (Å²) < 4.78 is 27.9. The van der Waals surface area contributed by atoms with E-state index < -0.39 is 10.0 Å². The Morgan fingerprint density at radius 1 is 0.929 bits per heavy atom. The molecular formula is C20H23N5O2S. The minimum absolute atomic E-state index is 0.274. The Hall–Kier alpha value is -3.13. The van der Waals surface area contributed by atoms with E-state index in [9.17, 15) is 8.42 Å². The van der Waals surface area contributed by atoms with Gasteiger partial charge in [0, 0.05) is 31.5 Å². The minimum Gasteiger partial charge on any atom is -0.376 e. The number of anilines is 4. The van der Waals surface area contributed by atoms with E-state index in [1.807, 2.05) is 38.1 Å². The topological polar surface area (TPSA) is 87.2 Å². The third-order valence-corrected chi connectivity index (χ3v) is 5.73. The molecule has 0 saturated heterocycles. The second-order valence-corrected chi connectivity index (χ2v) is 8.42. The summed E-state index contributed by atoms with van der Waals surface area (Å²) in [6, 6.07) is 14.1. The highest BCUT2D eigenvalue weighted by Gasteiger charge is 2.16. The number of hydrogen-bond acceptors (Lipinski definition) is 6. The molecule has 1 aromatic heterocycles. The largest absolute Gasteiger partial charge is 0.376 e. The van der Waals surface area contributed by atoms with Crippen LogP contribution in [0.3, 0.4) is 0 Å². The van der Waals surface area contributed by atoms with Crippen LogP contribution in [0.25, 0.3) is 0 Å². The van der Waals surface area contributed by atoms with Crippen molar-refractivity contribution in [3.05, 3.63) is 65.9 Å². The Morgan fingerprint density at radius 3 is 2.25 bits per heavy atom. The zero-order valence-corrected chi connectivity index (χ0v) is 17.1.